The van der Waals surface area contributed by atoms with E-state index in [0.717, 1.165) is 25.2 Å². The first-order valence-electron chi connectivity index (χ1n) is 8.93. The van der Waals surface area contributed by atoms with Gasteiger partial charge in [-0.15, -0.1) is 0 Å². The molecule has 1 fully saturated rings. The highest BCUT2D eigenvalue weighted by atomic mass is 16.1. The molecule has 128 valence electrons. The first-order chi connectivity index (χ1) is 11.2. The molecule has 2 N–H and O–H groups in total. The third kappa shape index (κ3) is 5.96. The minimum Gasteiger partial charge on any atom is -0.326 e. The fourth-order valence-electron chi connectivity index (χ4n) is 3.34. The monoisotopic (exact) mass is 317 g/mol. The summed E-state index contributed by atoms with van der Waals surface area (Å²) >= 11 is 0. The topological polar surface area (TPSA) is 44.4 Å². The minimum absolute atomic E-state index is 0.105. The number of hydrogen-bond donors (Lipinski definition) is 2. The molecule has 1 aromatic rings. The highest BCUT2D eigenvalue weighted by Crippen LogP contribution is 2.24. The van der Waals surface area contributed by atoms with Gasteiger partial charge in [-0.25, -0.2) is 0 Å². The van der Waals surface area contributed by atoms with Crippen LogP contribution in [0.2, 0.25) is 0 Å². The molecule has 23 heavy (non-hydrogen) atoms. The van der Waals surface area contributed by atoms with Crippen molar-refractivity contribution in [2.45, 2.75) is 57.5 Å². The van der Waals surface area contributed by atoms with Gasteiger partial charge in [0.05, 0.1) is 0 Å². The van der Waals surface area contributed by atoms with Crippen LogP contribution >= 0.6 is 0 Å². The lowest BCUT2D eigenvalue weighted by Gasteiger charge is -2.31. The van der Waals surface area contributed by atoms with Crippen molar-refractivity contribution < 1.29 is 4.79 Å². The minimum atomic E-state index is 0.105. The lowest BCUT2D eigenvalue weighted by Crippen LogP contribution is -2.33. The Morgan fingerprint density at radius 2 is 1.96 bits per heavy atom. The van der Waals surface area contributed by atoms with E-state index in [1.165, 1.54) is 37.7 Å². The third-order valence-corrected chi connectivity index (χ3v) is 4.74. The summed E-state index contributed by atoms with van der Waals surface area (Å²) in [6, 6.07) is 8.87. The van der Waals surface area contributed by atoms with E-state index in [1.807, 2.05) is 19.2 Å². The molecule has 1 amide bonds. The molecule has 0 bridgehead atoms. The Kier molecular flexibility index (Phi) is 7.56. The molecule has 2 rings (SSSR count). The van der Waals surface area contributed by atoms with Crippen LogP contribution in [-0.4, -0.2) is 37.5 Å². The van der Waals surface area contributed by atoms with Gasteiger partial charge in [0.1, 0.15) is 0 Å². The summed E-state index contributed by atoms with van der Waals surface area (Å²) in [6.07, 6.45) is 8.10. The van der Waals surface area contributed by atoms with E-state index in [9.17, 15) is 4.79 Å². The Labute approximate surface area is 140 Å². The number of amides is 1. The van der Waals surface area contributed by atoms with Crippen LogP contribution in [-0.2, 0) is 11.3 Å². The first kappa shape index (κ1) is 18.0. The Morgan fingerprint density at radius 3 is 2.70 bits per heavy atom. The molecule has 0 aromatic heterocycles. The summed E-state index contributed by atoms with van der Waals surface area (Å²) in [6.45, 7) is 1.77. The molecule has 1 aliphatic rings. The SMILES string of the molecule is CNCCCC(=O)Nc1ccccc1CN(C)C1CCCCC1. The number of anilines is 1. The van der Waals surface area contributed by atoms with Crippen molar-refractivity contribution >= 4 is 11.6 Å². The van der Waals surface area contributed by atoms with Gasteiger partial charge in [0.15, 0.2) is 0 Å². The Balaban J connectivity index is 1.92. The van der Waals surface area contributed by atoms with Gasteiger partial charge in [0.2, 0.25) is 5.91 Å². The van der Waals surface area contributed by atoms with Crippen LogP contribution in [0.25, 0.3) is 0 Å². The molecular formula is C19H31N3O. The summed E-state index contributed by atoms with van der Waals surface area (Å²) in [7, 11) is 4.12. The zero-order valence-corrected chi connectivity index (χ0v) is 14.6. The van der Waals surface area contributed by atoms with Crippen molar-refractivity contribution in [2.75, 3.05) is 26.0 Å². The molecule has 1 aliphatic carbocycles. The first-order valence-corrected chi connectivity index (χ1v) is 8.93. The van der Waals surface area contributed by atoms with Crippen LogP contribution in [0.4, 0.5) is 5.69 Å². The highest BCUT2D eigenvalue weighted by molar-refractivity contribution is 5.91. The molecule has 4 heteroatoms. The number of carbonyl (C=O) groups excluding carboxylic acids is 1. The largest absolute Gasteiger partial charge is 0.326 e. The molecule has 0 saturated heterocycles. The van der Waals surface area contributed by atoms with E-state index in [1.54, 1.807) is 0 Å². The fourth-order valence-corrected chi connectivity index (χ4v) is 3.34. The Morgan fingerprint density at radius 1 is 1.22 bits per heavy atom. The van der Waals surface area contributed by atoms with Gasteiger partial charge in [-0.05, 0) is 51.5 Å². The second kappa shape index (κ2) is 9.68. The fraction of sp³-hybridized carbons (Fsp3) is 0.632. The van der Waals surface area contributed by atoms with Crippen LogP contribution in [0.5, 0.6) is 0 Å². The Bertz CT molecular complexity index is 483. The molecular weight excluding hydrogens is 286 g/mol. The van der Waals surface area contributed by atoms with Crippen LogP contribution in [0, 0.1) is 0 Å². The summed E-state index contributed by atoms with van der Waals surface area (Å²) in [5.41, 5.74) is 2.17. The highest BCUT2D eigenvalue weighted by Gasteiger charge is 2.19. The molecule has 0 aliphatic heterocycles. The van der Waals surface area contributed by atoms with Crippen LogP contribution in [0.1, 0.15) is 50.5 Å². The molecule has 0 unspecified atom stereocenters. The zero-order chi connectivity index (χ0) is 16.5. The van der Waals surface area contributed by atoms with Gasteiger partial charge in [0.25, 0.3) is 0 Å². The normalized spacial score (nSPS) is 15.8. The summed E-state index contributed by atoms with van der Waals surface area (Å²) in [5.74, 6) is 0.105. The van der Waals surface area contributed by atoms with Gasteiger partial charge >= 0.3 is 0 Å². The van der Waals surface area contributed by atoms with Gasteiger partial charge in [0, 0.05) is 24.7 Å². The number of hydrogen-bond acceptors (Lipinski definition) is 3. The smallest absolute Gasteiger partial charge is 0.224 e. The van der Waals surface area contributed by atoms with Crippen LogP contribution in [0.15, 0.2) is 24.3 Å². The number of rotatable bonds is 8. The maximum atomic E-state index is 12.1. The maximum absolute atomic E-state index is 12.1. The van der Waals surface area contributed by atoms with Crippen molar-refractivity contribution in [2.24, 2.45) is 0 Å². The van der Waals surface area contributed by atoms with Crippen LogP contribution < -0.4 is 10.6 Å². The Hall–Kier alpha value is -1.39. The van der Waals surface area contributed by atoms with Crippen molar-refractivity contribution in [1.29, 1.82) is 0 Å². The van der Waals surface area contributed by atoms with Gasteiger partial charge in [-0.1, -0.05) is 37.5 Å². The standard InChI is InChI=1S/C19H31N3O/c1-20-14-8-13-19(23)21-18-12-7-6-9-16(18)15-22(2)17-10-4-3-5-11-17/h6-7,9,12,17,20H,3-5,8,10-11,13-15H2,1-2H3,(H,21,23). The molecule has 0 radical (unpaired) electrons. The maximum Gasteiger partial charge on any atom is 0.224 e. The van der Waals surface area contributed by atoms with Gasteiger partial charge in [-0.3, -0.25) is 9.69 Å². The zero-order valence-electron chi connectivity index (χ0n) is 14.6. The van der Waals surface area contributed by atoms with E-state index >= 15 is 0 Å². The quantitative estimate of drug-likeness (QED) is 0.722. The van der Waals surface area contributed by atoms with E-state index in [2.05, 4.69) is 34.7 Å². The van der Waals surface area contributed by atoms with Gasteiger partial charge < -0.3 is 10.6 Å². The van der Waals surface area contributed by atoms with Crippen molar-refractivity contribution in [3.05, 3.63) is 29.8 Å². The predicted molar refractivity (Wildman–Crippen MR) is 96.6 cm³/mol. The number of carbonyl (C=O) groups is 1. The lowest BCUT2D eigenvalue weighted by molar-refractivity contribution is -0.116. The number of para-hydroxylation sites is 1. The predicted octanol–water partition coefficient (Wildman–Crippen LogP) is 3.39. The second-order valence-electron chi connectivity index (χ2n) is 6.62. The van der Waals surface area contributed by atoms with E-state index in [-0.39, 0.29) is 5.91 Å². The molecule has 1 saturated carbocycles. The molecule has 1 aromatic carbocycles. The number of nitrogens with one attached hydrogen (secondary N) is 2. The van der Waals surface area contributed by atoms with Gasteiger partial charge in [-0.2, -0.15) is 0 Å². The average Bonchev–Trinajstić information content (AvgIpc) is 2.57. The van der Waals surface area contributed by atoms with E-state index in [4.69, 9.17) is 0 Å². The molecule has 0 spiro atoms. The lowest BCUT2D eigenvalue weighted by atomic mass is 9.94. The molecule has 0 atom stereocenters. The van der Waals surface area contributed by atoms with E-state index in [0.29, 0.717) is 12.5 Å². The van der Waals surface area contributed by atoms with Crippen molar-refractivity contribution in [1.82, 2.24) is 10.2 Å². The number of nitrogens with zero attached hydrogens (tertiary/aromatic N) is 1. The van der Waals surface area contributed by atoms with E-state index < -0.39 is 0 Å². The average molecular weight is 317 g/mol. The molecule has 0 heterocycles. The van der Waals surface area contributed by atoms with Crippen LogP contribution in [0.3, 0.4) is 0 Å². The number of benzene rings is 1. The second-order valence-corrected chi connectivity index (χ2v) is 6.62. The summed E-state index contributed by atoms with van der Waals surface area (Å²) in [4.78, 5) is 14.5. The molecule has 4 nitrogen and oxygen atoms in total. The van der Waals surface area contributed by atoms with Crippen molar-refractivity contribution in [3.8, 4) is 0 Å². The third-order valence-electron chi connectivity index (χ3n) is 4.74. The van der Waals surface area contributed by atoms with Crippen molar-refractivity contribution in [3.63, 3.8) is 0 Å². The summed E-state index contributed by atoms with van der Waals surface area (Å²) in [5, 5.41) is 6.16. The summed E-state index contributed by atoms with van der Waals surface area (Å²) < 4.78 is 0.